The molecule has 0 saturated heterocycles. The Balaban J connectivity index is 2.45. The van der Waals surface area contributed by atoms with E-state index < -0.39 is 0 Å². The van der Waals surface area contributed by atoms with Crippen LogP contribution in [-0.2, 0) is 7.05 Å². The maximum absolute atomic E-state index is 4.27. The summed E-state index contributed by atoms with van der Waals surface area (Å²) < 4.78 is 2.42. The van der Waals surface area contributed by atoms with Gasteiger partial charge in [0.15, 0.2) is 4.60 Å². The molecule has 0 bridgehead atoms. The average molecular weight is 283 g/mol. The fourth-order valence-corrected chi connectivity index (χ4v) is 2.09. The second-order valence-electron chi connectivity index (χ2n) is 3.24. The molecule has 0 aromatic carbocycles. The Labute approximate surface area is 101 Å². The molecule has 16 heavy (non-hydrogen) atoms. The van der Waals surface area contributed by atoms with Crippen molar-refractivity contribution >= 4 is 15.9 Å². The van der Waals surface area contributed by atoms with Gasteiger partial charge in [-0.1, -0.05) is 5.21 Å². The van der Waals surface area contributed by atoms with E-state index in [0.717, 1.165) is 11.4 Å². The summed E-state index contributed by atoms with van der Waals surface area (Å²) in [7, 11) is 3.70. The highest BCUT2D eigenvalue weighted by Gasteiger charge is 2.21. The zero-order valence-electron chi connectivity index (χ0n) is 8.92. The fraction of sp³-hybridized carbons (Fsp3) is 0.333. The molecule has 0 fully saturated rings. The summed E-state index contributed by atoms with van der Waals surface area (Å²) in [6, 6.07) is -0.0805. The first-order chi connectivity index (χ1) is 7.74. The van der Waals surface area contributed by atoms with Crippen molar-refractivity contribution in [2.45, 2.75) is 6.04 Å². The van der Waals surface area contributed by atoms with Gasteiger partial charge in [0.05, 0.1) is 23.6 Å². The minimum Gasteiger partial charge on any atom is -0.307 e. The predicted octanol–water partition coefficient (Wildman–Crippen LogP) is 0.676. The summed E-state index contributed by atoms with van der Waals surface area (Å²) in [5, 5.41) is 11.1. The first-order valence-corrected chi connectivity index (χ1v) is 5.51. The van der Waals surface area contributed by atoms with Crippen molar-refractivity contribution in [2.75, 3.05) is 7.05 Å². The third-order valence-electron chi connectivity index (χ3n) is 2.27. The third-order valence-corrected chi connectivity index (χ3v) is 2.83. The van der Waals surface area contributed by atoms with Gasteiger partial charge in [-0.05, 0) is 23.0 Å². The minimum atomic E-state index is -0.0805. The van der Waals surface area contributed by atoms with Gasteiger partial charge in [0.1, 0.15) is 0 Å². The lowest BCUT2D eigenvalue weighted by atomic mass is 10.1. The van der Waals surface area contributed by atoms with Crippen molar-refractivity contribution in [2.24, 2.45) is 7.05 Å². The van der Waals surface area contributed by atoms with Gasteiger partial charge >= 0.3 is 0 Å². The van der Waals surface area contributed by atoms with Crippen LogP contribution >= 0.6 is 15.9 Å². The lowest BCUT2D eigenvalue weighted by molar-refractivity contribution is 0.584. The molecule has 0 aliphatic rings. The molecule has 2 rings (SSSR count). The van der Waals surface area contributed by atoms with E-state index >= 15 is 0 Å². The van der Waals surface area contributed by atoms with Crippen molar-refractivity contribution in [3.05, 3.63) is 34.6 Å². The van der Waals surface area contributed by atoms with Gasteiger partial charge in [0, 0.05) is 19.4 Å². The van der Waals surface area contributed by atoms with E-state index in [9.17, 15) is 0 Å². The van der Waals surface area contributed by atoms with Crippen LogP contribution in [0.15, 0.2) is 23.2 Å². The largest absolute Gasteiger partial charge is 0.307 e. The molecule has 6 nitrogen and oxygen atoms in total. The van der Waals surface area contributed by atoms with Crippen LogP contribution in [0.1, 0.15) is 17.4 Å². The molecule has 0 saturated carbocycles. The van der Waals surface area contributed by atoms with E-state index in [1.165, 1.54) is 0 Å². The Morgan fingerprint density at radius 2 is 2.25 bits per heavy atom. The van der Waals surface area contributed by atoms with Crippen LogP contribution < -0.4 is 5.32 Å². The summed E-state index contributed by atoms with van der Waals surface area (Å²) >= 11 is 3.37. The van der Waals surface area contributed by atoms with Crippen molar-refractivity contribution in [3.63, 3.8) is 0 Å². The van der Waals surface area contributed by atoms with E-state index in [1.54, 1.807) is 23.3 Å². The molecule has 0 aliphatic carbocycles. The SMILES string of the molecule is CNC(c1cnccn1)c1c(Br)nnn1C. The van der Waals surface area contributed by atoms with Gasteiger partial charge in [0.25, 0.3) is 0 Å². The monoisotopic (exact) mass is 282 g/mol. The van der Waals surface area contributed by atoms with Crippen LogP contribution in [0, 0.1) is 0 Å². The molecule has 1 N–H and O–H groups in total. The molecule has 2 heterocycles. The highest BCUT2D eigenvalue weighted by Crippen LogP contribution is 2.24. The smallest absolute Gasteiger partial charge is 0.153 e. The standard InChI is InChI=1S/C9H11BrN6/c1-11-7(6-5-12-3-4-13-6)8-9(10)14-15-16(8)2/h3-5,7,11H,1-2H3. The van der Waals surface area contributed by atoms with Gasteiger partial charge in [-0.15, -0.1) is 5.10 Å². The van der Waals surface area contributed by atoms with Crippen LogP contribution in [0.4, 0.5) is 0 Å². The van der Waals surface area contributed by atoms with Gasteiger partial charge in [-0.3, -0.25) is 9.97 Å². The Bertz CT molecular complexity index is 449. The van der Waals surface area contributed by atoms with Gasteiger partial charge in [-0.2, -0.15) is 0 Å². The van der Waals surface area contributed by atoms with Crippen LogP contribution in [-0.4, -0.2) is 32.0 Å². The van der Waals surface area contributed by atoms with Gasteiger partial charge < -0.3 is 5.32 Å². The van der Waals surface area contributed by atoms with E-state index in [-0.39, 0.29) is 6.04 Å². The second-order valence-corrected chi connectivity index (χ2v) is 3.99. The first-order valence-electron chi connectivity index (χ1n) is 4.72. The van der Waals surface area contributed by atoms with Crippen molar-refractivity contribution < 1.29 is 0 Å². The maximum atomic E-state index is 4.27. The number of aromatic nitrogens is 5. The zero-order valence-corrected chi connectivity index (χ0v) is 10.5. The van der Waals surface area contributed by atoms with Crippen LogP contribution in [0.5, 0.6) is 0 Å². The molecule has 0 amide bonds. The summed E-state index contributed by atoms with van der Waals surface area (Å²) in [6.07, 6.45) is 5.03. The highest BCUT2D eigenvalue weighted by atomic mass is 79.9. The van der Waals surface area contributed by atoms with Crippen LogP contribution in [0.25, 0.3) is 0 Å². The van der Waals surface area contributed by atoms with E-state index in [0.29, 0.717) is 4.60 Å². The molecule has 1 atom stereocenters. The molecular weight excluding hydrogens is 272 g/mol. The number of aryl methyl sites for hydroxylation is 1. The molecule has 2 aromatic heterocycles. The maximum Gasteiger partial charge on any atom is 0.153 e. The van der Waals surface area contributed by atoms with Crippen molar-refractivity contribution in [1.29, 1.82) is 0 Å². The average Bonchev–Trinajstić information content (AvgIpc) is 2.63. The summed E-state index contributed by atoms with van der Waals surface area (Å²) in [5.74, 6) is 0. The number of nitrogens with one attached hydrogen (secondary N) is 1. The Hall–Kier alpha value is -1.34. The minimum absolute atomic E-state index is 0.0805. The highest BCUT2D eigenvalue weighted by molar-refractivity contribution is 9.10. The van der Waals surface area contributed by atoms with Crippen molar-refractivity contribution in [1.82, 2.24) is 30.3 Å². The third kappa shape index (κ3) is 1.96. The fourth-order valence-electron chi connectivity index (χ4n) is 1.53. The summed E-state index contributed by atoms with van der Waals surface area (Å²) in [6.45, 7) is 0. The Kier molecular flexibility index (Phi) is 3.25. The summed E-state index contributed by atoms with van der Waals surface area (Å²) in [5.41, 5.74) is 1.75. The molecule has 84 valence electrons. The molecule has 7 heteroatoms. The quantitative estimate of drug-likeness (QED) is 0.897. The lowest BCUT2D eigenvalue weighted by Crippen LogP contribution is -2.22. The van der Waals surface area contributed by atoms with Crippen LogP contribution in [0.2, 0.25) is 0 Å². The van der Waals surface area contributed by atoms with E-state index in [4.69, 9.17) is 0 Å². The normalized spacial score (nSPS) is 12.7. The van der Waals surface area contributed by atoms with Gasteiger partial charge in [0.2, 0.25) is 0 Å². The van der Waals surface area contributed by atoms with Gasteiger partial charge in [-0.25, -0.2) is 4.68 Å². The van der Waals surface area contributed by atoms with Crippen molar-refractivity contribution in [3.8, 4) is 0 Å². The molecule has 0 spiro atoms. The summed E-state index contributed by atoms with van der Waals surface area (Å²) in [4.78, 5) is 8.33. The Morgan fingerprint density at radius 3 is 2.75 bits per heavy atom. The number of nitrogens with zero attached hydrogens (tertiary/aromatic N) is 5. The second kappa shape index (κ2) is 4.67. The lowest BCUT2D eigenvalue weighted by Gasteiger charge is -2.15. The molecule has 2 aromatic rings. The number of hydrogen-bond acceptors (Lipinski definition) is 5. The number of halogens is 1. The number of rotatable bonds is 3. The number of hydrogen-bond donors (Lipinski definition) is 1. The van der Waals surface area contributed by atoms with E-state index in [1.807, 2.05) is 14.1 Å². The molecular formula is C9H11BrN6. The molecule has 0 radical (unpaired) electrons. The van der Waals surface area contributed by atoms with E-state index in [2.05, 4.69) is 41.5 Å². The molecule has 0 aliphatic heterocycles. The van der Waals surface area contributed by atoms with Crippen LogP contribution in [0.3, 0.4) is 0 Å². The predicted molar refractivity (Wildman–Crippen MR) is 61.6 cm³/mol. The Morgan fingerprint density at radius 1 is 1.44 bits per heavy atom. The first kappa shape index (κ1) is 11.2. The molecule has 1 unspecified atom stereocenters. The zero-order chi connectivity index (χ0) is 11.5. The topological polar surface area (TPSA) is 68.5 Å².